The molecular weight excluding hydrogens is 226 g/mol. The molecule has 2 heterocycles. The summed E-state index contributed by atoms with van der Waals surface area (Å²) in [5.74, 6) is 1.23. The molecule has 0 saturated carbocycles. The van der Waals surface area contributed by atoms with Gasteiger partial charge < -0.3 is 9.36 Å². The number of hydrogen-bond donors (Lipinski definition) is 0. The van der Waals surface area contributed by atoms with Gasteiger partial charge in [-0.05, 0) is 25.9 Å². The lowest BCUT2D eigenvalue weighted by atomic mass is 9.99. The molecule has 88 valence electrons. The van der Waals surface area contributed by atoms with Crippen LogP contribution in [0.15, 0.2) is 6.20 Å². The molecule has 0 spiro atoms. The highest BCUT2D eigenvalue weighted by Crippen LogP contribution is 2.17. The van der Waals surface area contributed by atoms with Gasteiger partial charge >= 0.3 is 0 Å². The van der Waals surface area contributed by atoms with E-state index in [0.717, 1.165) is 44.6 Å². The van der Waals surface area contributed by atoms with Crippen LogP contribution in [0.3, 0.4) is 0 Å². The van der Waals surface area contributed by atoms with E-state index in [0.29, 0.717) is 5.15 Å². The number of nitrogens with zero attached hydrogens (tertiary/aromatic N) is 3. The monoisotopic (exact) mass is 241 g/mol. The number of carbonyl (C=O) groups is 1. The fourth-order valence-electron chi connectivity index (χ4n) is 2.02. The Labute approximate surface area is 100 Å². The van der Waals surface area contributed by atoms with Gasteiger partial charge in [-0.3, -0.25) is 4.90 Å². The van der Waals surface area contributed by atoms with Gasteiger partial charge in [0.05, 0.1) is 12.7 Å². The largest absolute Gasteiger partial charge is 0.321 e. The van der Waals surface area contributed by atoms with Crippen molar-refractivity contribution < 1.29 is 4.79 Å². The van der Waals surface area contributed by atoms with Gasteiger partial charge in [-0.25, -0.2) is 4.98 Å². The Bertz CT molecular complexity index is 369. The molecule has 1 fully saturated rings. The maximum Gasteiger partial charge on any atom is 0.128 e. The summed E-state index contributed by atoms with van der Waals surface area (Å²) in [6.45, 7) is 2.75. The Kier molecular flexibility index (Phi) is 3.61. The first-order chi connectivity index (χ1) is 7.70. The van der Waals surface area contributed by atoms with Crippen LogP contribution >= 0.6 is 11.6 Å². The van der Waals surface area contributed by atoms with E-state index in [1.807, 2.05) is 11.6 Å². The third kappa shape index (κ3) is 2.44. The van der Waals surface area contributed by atoms with Crippen LogP contribution in [-0.4, -0.2) is 33.8 Å². The third-order valence-electron chi connectivity index (χ3n) is 3.22. The first kappa shape index (κ1) is 11.6. The molecule has 1 aromatic heterocycles. The second-order valence-electron chi connectivity index (χ2n) is 4.31. The van der Waals surface area contributed by atoms with Crippen LogP contribution in [0.2, 0.25) is 5.15 Å². The Morgan fingerprint density at radius 3 is 2.75 bits per heavy atom. The molecule has 0 radical (unpaired) electrons. The van der Waals surface area contributed by atoms with Crippen LogP contribution in [0, 0.1) is 5.92 Å². The van der Waals surface area contributed by atoms with Gasteiger partial charge in [0, 0.05) is 13.0 Å². The van der Waals surface area contributed by atoms with Gasteiger partial charge in [0.2, 0.25) is 0 Å². The first-order valence-corrected chi connectivity index (χ1v) is 5.92. The van der Waals surface area contributed by atoms with Crippen LogP contribution in [0.1, 0.15) is 18.7 Å². The summed E-state index contributed by atoms with van der Waals surface area (Å²) < 4.78 is 1.90. The standard InChI is InChI=1S/C11H16ClN3O/c1-14-10(12)6-13-11(14)7-15-4-2-9(8-16)3-5-15/h6,8-9H,2-5,7H2,1H3. The number of imidazole rings is 1. The van der Waals surface area contributed by atoms with Gasteiger partial charge in [0.25, 0.3) is 0 Å². The molecule has 0 unspecified atom stereocenters. The highest BCUT2D eigenvalue weighted by Gasteiger charge is 2.19. The van der Waals surface area contributed by atoms with Gasteiger partial charge in [-0.15, -0.1) is 0 Å². The molecule has 1 aliphatic heterocycles. The molecule has 2 rings (SSSR count). The van der Waals surface area contributed by atoms with Gasteiger partial charge in [-0.1, -0.05) is 11.6 Å². The van der Waals surface area contributed by atoms with Crippen molar-refractivity contribution in [3.63, 3.8) is 0 Å². The average Bonchev–Trinajstić information content (AvgIpc) is 2.62. The third-order valence-corrected chi connectivity index (χ3v) is 3.57. The minimum absolute atomic E-state index is 0.251. The molecule has 0 bridgehead atoms. The van der Waals surface area contributed by atoms with Crippen molar-refractivity contribution >= 4 is 17.9 Å². The second-order valence-corrected chi connectivity index (χ2v) is 4.69. The zero-order chi connectivity index (χ0) is 11.5. The lowest BCUT2D eigenvalue weighted by Gasteiger charge is -2.29. The highest BCUT2D eigenvalue weighted by atomic mass is 35.5. The van der Waals surface area contributed by atoms with E-state index >= 15 is 0 Å². The zero-order valence-electron chi connectivity index (χ0n) is 9.40. The number of hydrogen-bond acceptors (Lipinski definition) is 3. The van der Waals surface area contributed by atoms with E-state index in [4.69, 9.17) is 11.6 Å². The molecular formula is C11H16ClN3O. The molecule has 4 nitrogen and oxygen atoms in total. The smallest absolute Gasteiger partial charge is 0.128 e. The van der Waals surface area contributed by atoms with Gasteiger partial charge in [0.15, 0.2) is 0 Å². The topological polar surface area (TPSA) is 38.1 Å². The number of halogens is 1. The first-order valence-electron chi connectivity index (χ1n) is 5.54. The summed E-state index contributed by atoms with van der Waals surface area (Å²) >= 11 is 5.93. The number of piperidine rings is 1. The van der Waals surface area contributed by atoms with Crippen molar-refractivity contribution in [1.82, 2.24) is 14.5 Å². The summed E-state index contributed by atoms with van der Waals surface area (Å²) in [5.41, 5.74) is 0. The normalized spacial score (nSPS) is 18.9. The average molecular weight is 242 g/mol. The molecule has 1 aromatic rings. The zero-order valence-corrected chi connectivity index (χ0v) is 10.2. The van der Waals surface area contributed by atoms with Crippen LogP contribution in [0.25, 0.3) is 0 Å². The Balaban J connectivity index is 1.92. The predicted molar refractivity (Wildman–Crippen MR) is 62.3 cm³/mol. The minimum atomic E-state index is 0.251. The van der Waals surface area contributed by atoms with E-state index in [-0.39, 0.29) is 5.92 Å². The molecule has 0 aliphatic carbocycles. The highest BCUT2D eigenvalue weighted by molar-refractivity contribution is 6.29. The SMILES string of the molecule is Cn1c(Cl)cnc1CN1CCC(C=O)CC1. The molecule has 0 amide bonds. The van der Waals surface area contributed by atoms with Gasteiger partial charge in [0.1, 0.15) is 17.3 Å². The fraction of sp³-hybridized carbons (Fsp3) is 0.636. The van der Waals surface area contributed by atoms with Gasteiger partial charge in [-0.2, -0.15) is 0 Å². The van der Waals surface area contributed by atoms with Crippen LogP contribution in [0.4, 0.5) is 0 Å². The van der Waals surface area contributed by atoms with Crippen molar-refractivity contribution in [2.75, 3.05) is 13.1 Å². The van der Waals surface area contributed by atoms with E-state index in [1.54, 1.807) is 6.20 Å². The summed E-state index contributed by atoms with van der Waals surface area (Å²) in [4.78, 5) is 17.2. The van der Waals surface area contributed by atoms with E-state index in [2.05, 4.69) is 9.88 Å². The van der Waals surface area contributed by atoms with Crippen LogP contribution < -0.4 is 0 Å². The number of likely N-dealkylation sites (tertiary alicyclic amines) is 1. The summed E-state index contributed by atoms with van der Waals surface area (Å²) in [6, 6.07) is 0. The summed E-state index contributed by atoms with van der Waals surface area (Å²) in [6.07, 6.45) is 4.67. The van der Waals surface area contributed by atoms with E-state index in [1.165, 1.54) is 0 Å². The Morgan fingerprint density at radius 1 is 1.56 bits per heavy atom. The summed E-state index contributed by atoms with van der Waals surface area (Å²) in [5, 5.41) is 0.665. The van der Waals surface area contributed by atoms with Crippen molar-refractivity contribution in [1.29, 1.82) is 0 Å². The molecule has 16 heavy (non-hydrogen) atoms. The van der Waals surface area contributed by atoms with Crippen molar-refractivity contribution in [2.45, 2.75) is 19.4 Å². The Hall–Kier alpha value is -0.870. The lowest BCUT2D eigenvalue weighted by molar-refractivity contribution is -0.112. The van der Waals surface area contributed by atoms with Crippen LogP contribution in [-0.2, 0) is 18.4 Å². The molecule has 1 saturated heterocycles. The maximum absolute atomic E-state index is 10.6. The lowest BCUT2D eigenvalue weighted by Crippen LogP contribution is -2.34. The minimum Gasteiger partial charge on any atom is -0.321 e. The quantitative estimate of drug-likeness (QED) is 0.753. The number of rotatable bonds is 3. The predicted octanol–water partition coefficient (Wildman–Crippen LogP) is 1.48. The van der Waals surface area contributed by atoms with Crippen molar-refractivity contribution in [3.05, 3.63) is 17.2 Å². The van der Waals surface area contributed by atoms with Crippen molar-refractivity contribution in [3.8, 4) is 0 Å². The fourth-order valence-corrected chi connectivity index (χ4v) is 2.16. The van der Waals surface area contributed by atoms with E-state index in [9.17, 15) is 4.79 Å². The number of aldehydes is 1. The Morgan fingerprint density at radius 2 is 2.25 bits per heavy atom. The van der Waals surface area contributed by atoms with E-state index < -0.39 is 0 Å². The molecule has 1 aliphatic rings. The second kappa shape index (κ2) is 4.97. The maximum atomic E-state index is 10.6. The van der Waals surface area contributed by atoms with Crippen molar-refractivity contribution in [2.24, 2.45) is 13.0 Å². The van der Waals surface area contributed by atoms with Crippen LogP contribution in [0.5, 0.6) is 0 Å². The molecule has 0 N–H and O–H groups in total. The number of aromatic nitrogens is 2. The molecule has 0 aromatic carbocycles. The molecule has 0 atom stereocenters. The number of carbonyl (C=O) groups excluding carboxylic acids is 1. The summed E-state index contributed by atoms with van der Waals surface area (Å²) in [7, 11) is 1.92. The molecule has 5 heteroatoms.